The van der Waals surface area contributed by atoms with Gasteiger partial charge in [-0.3, -0.25) is 0 Å². The number of nitrogen functional groups attached to an aromatic ring is 1. The lowest BCUT2D eigenvalue weighted by molar-refractivity contribution is 0.395. The average molecular weight is 262 g/mol. The molecule has 0 spiro atoms. The van der Waals surface area contributed by atoms with Crippen molar-refractivity contribution < 1.29 is 0 Å². The Hall–Kier alpha value is -1.02. The highest BCUT2D eigenvalue weighted by Gasteiger charge is 2.29. The second kappa shape index (κ2) is 5.16. The minimum atomic E-state index is 0.0645. The van der Waals surface area contributed by atoms with E-state index in [0.717, 1.165) is 12.2 Å². The Morgan fingerprint density at radius 1 is 0.895 bits per heavy atom. The Morgan fingerprint density at radius 2 is 1.37 bits per heavy atom. The molecular formula is C17H30N2. The molecule has 0 radical (unpaired) electrons. The van der Waals surface area contributed by atoms with Gasteiger partial charge in [-0.05, 0) is 47.7 Å². The van der Waals surface area contributed by atoms with Gasteiger partial charge in [-0.25, -0.2) is 0 Å². The van der Waals surface area contributed by atoms with Gasteiger partial charge in [0.25, 0.3) is 0 Å². The van der Waals surface area contributed by atoms with E-state index in [9.17, 15) is 0 Å². The van der Waals surface area contributed by atoms with Gasteiger partial charge in [0.15, 0.2) is 0 Å². The molecule has 0 saturated carbocycles. The summed E-state index contributed by atoms with van der Waals surface area (Å²) in [6.45, 7) is 14.5. The first-order valence-corrected chi connectivity index (χ1v) is 7.01. The molecule has 2 N–H and O–H groups in total. The van der Waals surface area contributed by atoms with Crippen molar-refractivity contribution in [2.24, 2.45) is 0 Å². The van der Waals surface area contributed by atoms with Crippen LogP contribution in [0, 0.1) is 0 Å². The number of nitrogens with zero attached hydrogens (tertiary/aromatic N) is 1. The lowest BCUT2D eigenvalue weighted by Crippen LogP contribution is -2.27. The monoisotopic (exact) mass is 262 g/mol. The molecule has 2 nitrogen and oxygen atoms in total. The van der Waals surface area contributed by atoms with E-state index in [4.69, 9.17) is 5.73 Å². The van der Waals surface area contributed by atoms with Crippen molar-refractivity contribution >= 4 is 5.69 Å². The molecule has 0 saturated heterocycles. The van der Waals surface area contributed by atoms with Crippen LogP contribution in [0.5, 0.6) is 0 Å². The summed E-state index contributed by atoms with van der Waals surface area (Å²) in [5.41, 5.74) is 11.5. The van der Waals surface area contributed by atoms with Gasteiger partial charge in [-0.1, -0.05) is 47.6 Å². The minimum absolute atomic E-state index is 0.0645. The van der Waals surface area contributed by atoms with Crippen LogP contribution in [0.2, 0.25) is 0 Å². The zero-order valence-corrected chi connectivity index (χ0v) is 13.9. The van der Waals surface area contributed by atoms with Crippen LogP contribution in [0.4, 0.5) is 5.69 Å². The molecule has 0 aliphatic carbocycles. The predicted octanol–water partition coefficient (Wildman–Crippen LogP) is 3.93. The SMILES string of the molecule is CN(C)Cc1ccc(N)c(C(C)(C)C)c1C(C)(C)C. The van der Waals surface area contributed by atoms with Gasteiger partial charge in [0, 0.05) is 12.2 Å². The predicted molar refractivity (Wildman–Crippen MR) is 85.6 cm³/mol. The molecule has 108 valence electrons. The standard InChI is InChI=1S/C17H30N2/c1-16(2,3)14-12(11-19(7)8)9-10-13(18)15(14)17(4,5)6/h9-10H,11,18H2,1-8H3. The number of anilines is 1. The third-order valence-electron chi connectivity index (χ3n) is 3.31. The van der Waals surface area contributed by atoms with E-state index < -0.39 is 0 Å². The fourth-order valence-electron chi connectivity index (χ4n) is 2.80. The van der Waals surface area contributed by atoms with Gasteiger partial charge < -0.3 is 10.6 Å². The van der Waals surface area contributed by atoms with E-state index in [0.29, 0.717) is 0 Å². The van der Waals surface area contributed by atoms with Crippen LogP contribution in [0.1, 0.15) is 58.2 Å². The third kappa shape index (κ3) is 3.73. The Kier molecular flexibility index (Phi) is 4.36. The molecule has 1 rings (SSSR count). The maximum Gasteiger partial charge on any atom is 0.0355 e. The molecule has 0 heterocycles. The van der Waals surface area contributed by atoms with E-state index >= 15 is 0 Å². The highest BCUT2D eigenvalue weighted by molar-refractivity contribution is 5.59. The Balaban J connectivity index is 3.61. The van der Waals surface area contributed by atoms with Crippen LogP contribution in [-0.4, -0.2) is 19.0 Å². The summed E-state index contributed by atoms with van der Waals surface area (Å²) < 4.78 is 0. The fourth-order valence-corrected chi connectivity index (χ4v) is 2.80. The van der Waals surface area contributed by atoms with Crippen molar-refractivity contribution in [3.8, 4) is 0 Å². The number of hydrogen-bond donors (Lipinski definition) is 1. The van der Waals surface area contributed by atoms with Crippen LogP contribution < -0.4 is 5.73 Å². The summed E-state index contributed by atoms with van der Waals surface area (Å²) in [6, 6.07) is 4.25. The van der Waals surface area contributed by atoms with Crippen LogP contribution in [0.25, 0.3) is 0 Å². The first kappa shape index (κ1) is 16.0. The quantitative estimate of drug-likeness (QED) is 0.818. The second-order valence-corrected chi connectivity index (χ2v) is 7.80. The molecule has 0 fully saturated rings. The number of rotatable bonds is 2. The lowest BCUT2D eigenvalue weighted by atomic mass is 9.72. The average Bonchev–Trinajstić information content (AvgIpc) is 2.15. The molecule has 1 aromatic rings. The zero-order valence-electron chi connectivity index (χ0n) is 13.9. The highest BCUT2D eigenvalue weighted by Crippen LogP contribution is 2.39. The molecule has 0 aromatic heterocycles. The van der Waals surface area contributed by atoms with E-state index in [1.807, 2.05) is 0 Å². The van der Waals surface area contributed by atoms with Crippen molar-refractivity contribution in [1.29, 1.82) is 0 Å². The molecule has 0 amide bonds. The molecular weight excluding hydrogens is 232 g/mol. The zero-order chi connectivity index (χ0) is 15.0. The van der Waals surface area contributed by atoms with Gasteiger partial charge >= 0.3 is 0 Å². The van der Waals surface area contributed by atoms with Crippen molar-refractivity contribution in [2.45, 2.75) is 58.9 Å². The number of benzene rings is 1. The van der Waals surface area contributed by atoms with Crippen molar-refractivity contribution in [3.05, 3.63) is 28.8 Å². The lowest BCUT2D eigenvalue weighted by Gasteiger charge is -2.34. The first-order chi connectivity index (χ1) is 8.44. The molecule has 0 aliphatic rings. The second-order valence-electron chi connectivity index (χ2n) is 7.80. The van der Waals surface area contributed by atoms with Gasteiger partial charge in [0.1, 0.15) is 0 Å². The van der Waals surface area contributed by atoms with Gasteiger partial charge in [0.05, 0.1) is 0 Å². The molecule has 1 aromatic carbocycles. The molecule has 19 heavy (non-hydrogen) atoms. The maximum absolute atomic E-state index is 6.29. The van der Waals surface area contributed by atoms with Crippen LogP contribution in [0.3, 0.4) is 0 Å². The maximum atomic E-state index is 6.29. The summed E-state index contributed by atoms with van der Waals surface area (Å²) in [5.74, 6) is 0. The molecule has 0 atom stereocenters. The van der Waals surface area contributed by atoms with E-state index in [2.05, 4.69) is 72.7 Å². The van der Waals surface area contributed by atoms with E-state index in [-0.39, 0.29) is 10.8 Å². The Labute approximate surface area is 119 Å². The van der Waals surface area contributed by atoms with Crippen molar-refractivity contribution in [2.75, 3.05) is 19.8 Å². The fraction of sp³-hybridized carbons (Fsp3) is 0.647. The van der Waals surface area contributed by atoms with Crippen molar-refractivity contribution in [3.63, 3.8) is 0 Å². The summed E-state index contributed by atoms with van der Waals surface area (Å²) in [5, 5.41) is 0. The Morgan fingerprint density at radius 3 is 1.74 bits per heavy atom. The minimum Gasteiger partial charge on any atom is -0.398 e. The molecule has 0 unspecified atom stereocenters. The normalized spacial score (nSPS) is 13.1. The summed E-state index contributed by atoms with van der Waals surface area (Å²) in [6.07, 6.45) is 0. The van der Waals surface area contributed by atoms with Crippen LogP contribution in [-0.2, 0) is 17.4 Å². The third-order valence-corrected chi connectivity index (χ3v) is 3.31. The molecule has 0 bridgehead atoms. The van der Waals surface area contributed by atoms with Gasteiger partial charge in [-0.2, -0.15) is 0 Å². The smallest absolute Gasteiger partial charge is 0.0355 e. The summed E-state index contributed by atoms with van der Waals surface area (Å²) in [4.78, 5) is 2.22. The molecule has 0 aliphatic heterocycles. The topological polar surface area (TPSA) is 29.3 Å². The number of nitrogens with two attached hydrogens (primary N) is 1. The van der Waals surface area contributed by atoms with Gasteiger partial charge in [0.2, 0.25) is 0 Å². The highest BCUT2D eigenvalue weighted by atomic mass is 15.0. The van der Waals surface area contributed by atoms with Crippen LogP contribution in [0.15, 0.2) is 12.1 Å². The summed E-state index contributed by atoms with van der Waals surface area (Å²) in [7, 11) is 4.22. The number of hydrogen-bond acceptors (Lipinski definition) is 2. The molecule has 2 heteroatoms. The van der Waals surface area contributed by atoms with E-state index in [1.54, 1.807) is 0 Å². The first-order valence-electron chi connectivity index (χ1n) is 7.01. The summed E-state index contributed by atoms with van der Waals surface area (Å²) >= 11 is 0. The largest absolute Gasteiger partial charge is 0.398 e. The van der Waals surface area contributed by atoms with E-state index in [1.165, 1.54) is 16.7 Å². The van der Waals surface area contributed by atoms with Gasteiger partial charge in [-0.15, -0.1) is 0 Å². The Bertz CT molecular complexity index is 446. The van der Waals surface area contributed by atoms with Crippen molar-refractivity contribution in [1.82, 2.24) is 4.90 Å². The van der Waals surface area contributed by atoms with Crippen LogP contribution >= 0.6 is 0 Å².